The minimum atomic E-state index is -3.47. The highest BCUT2D eigenvalue weighted by Gasteiger charge is 2.22. The van der Waals surface area contributed by atoms with Crippen LogP contribution in [0, 0.1) is 0 Å². The van der Waals surface area contributed by atoms with Gasteiger partial charge >= 0.3 is 0 Å². The zero-order chi connectivity index (χ0) is 28.7. The number of methoxy groups -OCH3 is 1. The van der Waals surface area contributed by atoms with E-state index in [4.69, 9.17) is 4.74 Å². The van der Waals surface area contributed by atoms with Crippen molar-refractivity contribution < 1.29 is 17.9 Å². The number of piperazine rings is 1. The molecule has 1 amide bonds. The summed E-state index contributed by atoms with van der Waals surface area (Å²) >= 11 is 1.40. The zero-order valence-corrected chi connectivity index (χ0v) is 25.6. The predicted octanol–water partition coefficient (Wildman–Crippen LogP) is 3.48. The van der Waals surface area contributed by atoms with E-state index in [0.717, 1.165) is 31.7 Å². The fourth-order valence-electron chi connectivity index (χ4n) is 4.34. The van der Waals surface area contributed by atoms with Crippen molar-refractivity contribution in [2.24, 2.45) is 0 Å². The highest BCUT2D eigenvalue weighted by atomic mass is 127. The Bertz CT molecular complexity index is 1430. The van der Waals surface area contributed by atoms with E-state index in [1.54, 1.807) is 25.3 Å². The molecule has 4 rings (SSSR count). The Balaban J connectivity index is 1.40. The van der Waals surface area contributed by atoms with Gasteiger partial charge < -0.3 is 30.1 Å². The second-order valence-corrected chi connectivity index (χ2v) is 14.3. The van der Waals surface area contributed by atoms with Crippen LogP contribution in [0.2, 0.25) is 0 Å². The lowest BCUT2D eigenvalue weighted by atomic mass is 10.2. The van der Waals surface area contributed by atoms with Crippen molar-refractivity contribution in [2.45, 2.75) is 17.7 Å². The molecule has 3 aromatic rings. The molecule has 0 atom stereocenters. The van der Waals surface area contributed by atoms with E-state index < -0.39 is 7.01 Å². The first-order valence-corrected chi connectivity index (χ1v) is 16.8. The lowest BCUT2D eigenvalue weighted by Crippen LogP contribution is -2.48. The molecule has 0 unspecified atom stereocenters. The first-order valence-electron chi connectivity index (χ1n) is 12.8. The molecule has 2 N–H and O–H groups in total. The van der Waals surface area contributed by atoms with Crippen molar-refractivity contribution in [2.75, 3.05) is 69.5 Å². The van der Waals surface area contributed by atoms with E-state index in [2.05, 4.69) is 35.4 Å². The summed E-state index contributed by atoms with van der Waals surface area (Å²) < 4.78 is 29.9. The Morgan fingerprint density at radius 1 is 1.02 bits per heavy atom. The summed E-state index contributed by atoms with van der Waals surface area (Å²) in [6.07, 6.45) is 2.77. The molecule has 0 bridgehead atoms. The number of benzene rings is 2. The van der Waals surface area contributed by atoms with Crippen LogP contribution in [0.5, 0.6) is 5.75 Å². The summed E-state index contributed by atoms with van der Waals surface area (Å²) in [5.41, 5.74) is 2.02. The maximum absolute atomic E-state index is 12.5. The maximum atomic E-state index is 12.5. The molecule has 0 saturated carbocycles. The van der Waals surface area contributed by atoms with Gasteiger partial charge in [0.05, 0.1) is 39.7 Å². The molecular weight excluding hydrogens is 647 g/mol. The van der Waals surface area contributed by atoms with Gasteiger partial charge in [-0.3, -0.25) is 4.79 Å². The number of aromatic nitrogens is 3. The fourth-order valence-corrected chi connectivity index (χ4v) is 6.11. The van der Waals surface area contributed by atoms with Crippen LogP contribution in [0.15, 0.2) is 53.7 Å². The number of halogens is 1. The molecule has 1 aliphatic heterocycles. The largest absolute Gasteiger partial charge is 0.494 e. The lowest BCUT2D eigenvalue weighted by Gasteiger charge is -2.36. The molecular formula is C26H33IN8O4S. The van der Waals surface area contributed by atoms with Crippen LogP contribution in [0.3, 0.4) is 0 Å². The third kappa shape index (κ3) is 7.91. The van der Waals surface area contributed by atoms with Crippen molar-refractivity contribution in [3.63, 3.8) is 0 Å². The number of nitrogens with one attached hydrogen (secondary N) is 2. The Morgan fingerprint density at radius 2 is 1.70 bits per heavy atom. The van der Waals surface area contributed by atoms with Crippen LogP contribution in [0.1, 0.15) is 12.8 Å². The van der Waals surface area contributed by atoms with E-state index in [9.17, 15) is 13.2 Å². The molecule has 1 saturated heterocycles. The highest BCUT2D eigenvalue weighted by Crippen LogP contribution is 2.32. The van der Waals surface area contributed by atoms with Crippen molar-refractivity contribution in [1.29, 1.82) is 0 Å². The smallest absolute Gasteiger partial charge is 0.233 e. The molecule has 1 aliphatic rings. The second-order valence-electron chi connectivity index (χ2n) is 9.48. The highest BCUT2D eigenvalue weighted by molar-refractivity contribution is 14.2. The van der Waals surface area contributed by atoms with E-state index in [0.29, 0.717) is 36.6 Å². The Morgan fingerprint density at radius 3 is 2.35 bits per heavy atom. The molecule has 0 aliphatic carbocycles. The summed E-state index contributed by atoms with van der Waals surface area (Å²) in [4.78, 5) is 31.6. The van der Waals surface area contributed by atoms with Crippen LogP contribution in [0.25, 0.3) is 0 Å². The third-order valence-electron chi connectivity index (χ3n) is 6.39. The Kier molecular flexibility index (Phi) is 9.97. The molecule has 14 heteroatoms. The van der Waals surface area contributed by atoms with Gasteiger partial charge in [0, 0.05) is 44.4 Å². The standard InChI is InChI=1S/C26H33IN8O4S/c1-33(2)12-6-9-24(36)35-15-13-34(14-16-35)19-10-11-20(22(17-19)39-3)30-25-28-18-29-26(32-25)31-21-7-4-5-8-23(21)40(27,37)38/h4-5,7-8,10-11,17-18H,6,9,12-16H2,1-3H3,(H2,28,29,30,31,32). The van der Waals surface area contributed by atoms with E-state index >= 15 is 0 Å². The molecule has 40 heavy (non-hydrogen) atoms. The number of hydrogen-bond donors (Lipinski definition) is 2. The molecule has 2 aromatic carbocycles. The second kappa shape index (κ2) is 13.4. The predicted molar refractivity (Wildman–Crippen MR) is 164 cm³/mol. The Hall–Kier alpha value is -3.24. The summed E-state index contributed by atoms with van der Waals surface area (Å²) in [6.45, 7) is 3.76. The van der Waals surface area contributed by atoms with Crippen LogP contribution in [-0.2, 0) is 11.8 Å². The van der Waals surface area contributed by atoms with Gasteiger partial charge in [0.15, 0.2) is 0 Å². The molecule has 12 nitrogen and oxygen atoms in total. The summed E-state index contributed by atoms with van der Waals surface area (Å²) in [7, 11) is 2.15. The van der Waals surface area contributed by atoms with Crippen LogP contribution in [-0.4, -0.2) is 93.0 Å². The van der Waals surface area contributed by atoms with Gasteiger partial charge in [0.25, 0.3) is 0 Å². The quantitative estimate of drug-likeness (QED) is 0.228. The molecule has 0 radical (unpaired) electrons. The normalized spacial score (nSPS) is 13.8. The molecule has 214 valence electrons. The number of para-hydroxylation sites is 1. The van der Waals surface area contributed by atoms with Gasteiger partial charge in [0.2, 0.25) is 24.8 Å². The van der Waals surface area contributed by atoms with E-state index in [-0.39, 0.29) is 22.7 Å². The van der Waals surface area contributed by atoms with Crippen LogP contribution in [0.4, 0.5) is 29.0 Å². The Labute approximate surface area is 246 Å². The zero-order valence-electron chi connectivity index (χ0n) is 22.7. The summed E-state index contributed by atoms with van der Waals surface area (Å²) in [5, 5.41) is 6.11. The van der Waals surface area contributed by atoms with Crippen LogP contribution < -0.4 is 20.3 Å². The lowest BCUT2D eigenvalue weighted by molar-refractivity contribution is -0.131. The maximum Gasteiger partial charge on any atom is 0.233 e. The van der Waals surface area contributed by atoms with Gasteiger partial charge in [0.1, 0.15) is 17.0 Å². The molecule has 1 aromatic heterocycles. The van der Waals surface area contributed by atoms with E-state index in [1.165, 1.54) is 33.6 Å². The van der Waals surface area contributed by atoms with Gasteiger partial charge in [-0.15, -0.1) is 0 Å². The first-order chi connectivity index (χ1) is 19.1. The van der Waals surface area contributed by atoms with Crippen molar-refractivity contribution in [1.82, 2.24) is 24.8 Å². The minimum Gasteiger partial charge on any atom is -0.494 e. The number of carbonyl (C=O) groups is 1. The topological polar surface area (TPSA) is 133 Å². The number of hydrogen-bond acceptors (Lipinski definition) is 11. The SMILES string of the molecule is COc1cc(N2CCN(C(=O)CCCN(C)C)CC2)ccc1Nc1ncnc(Nc2ccccc2S(=O)(=O)I)n1. The number of amides is 1. The fraction of sp³-hybridized carbons (Fsp3) is 0.385. The minimum absolute atomic E-state index is 0.136. The molecule has 0 spiro atoms. The number of ether oxygens (including phenoxy) is 1. The molecule has 2 heterocycles. The first kappa shape index (κ1) is 29.7. The van der Waals surface area contributed by atoms with Gasteiger partial charge in [-0.25, -0.2) is 18.4 Å². The number of rotatable bonds is 11. The van der Waals surface area contributed by atoms with Gasteiger partial charge in [-0.1, -0.05) is 12.1 Å². The third-order valence-corrected chi connectivity index (χ3v) is 8.70. The molecule has 1 fully saturated rings. The van der Waals surface area contributed by atoms with Crippen molar-refractivity contribution in [3.05, 3.63) is 48.8 Å². The van der Waals surface area contributed by atoms with Gasteiger partial charge in [-0.2, -0.15) is 4.98 Å². The number of nitrogens with zero attached hydrogens (tertiary/aromatic N) is 6. The van der Waals surface area contributed by atoms with Crippen molar-refractivity contribution in [3.8, 4) is 5.75 Å². The summed E-state index contributed by atoms with van der Waals surface area (Å²) in [5.74, 6) is 1.27. The number of anilines is 5. The van der Waals surface area contributed by atoms with Gasteiger partial charge in [-0.05, 0) is 51.3 Å². The summed E-state index contributed by atoms with van der Waals surface area (Å²) in [6, 6.07) is 12.4. The monoisotopic (exact) mass is 680 g/mol. The van der Waals surface area contributed by atoms with Crippen LogP contribution >= 0.6 is 21.2 Å². The van der Waals surface area contributed by atoms with E-state index in [1.807, 2.05) is 37.2 Å². The average molecular weight is 681 g/mol. The number of carbonyl (C=O) groups excluding carboxylic acids is 1. The van der Waals surface area contributed by atoms with Crippen molar-refractivity contribution >= 4 is 63.1 Å². The average Bonchev–Trinajstić information content (AvgIpc) is 2.93.